The third kappa shape index (κ3) is 4.24. The number of fused-ring (bicyclic) bond motifs is 1. The number of alkyl halides is 2. The maximum atomic E-state index is 12.8. The zero-order valence-electron chi connectivity index (χ0n) is 16.1. The summed E-state index contributed by atoms with van der Waals surface area (Å²) in [5.41, 5.74) is 2.05. The minimum Gasteiger partial charge on any atom is -0.493 e. The Morgan fingerprint density at radius 2 is 1.83 bits per heavy atom. The first-order chi connectivity index (χ1) is 13.9. The van der Waals surface area contributed by atoms with E-state index in [1.807, 2.05) is 0 Å². The van der Waals surface area contributed by atoms with Crippen molar-refractivity contribution >= 4 is 21.8 Å². The third-order valence-corrected chi connectivity index (χ3v) is 5.36. The molecule has 0 bridgehead atoms. The van der Waals surface area contributed by atoms with Crippen LogP contribution in [0.25, 0.3) is 11.0 Å². The molecular weight excluding hydrogens is 408 g/mol. The number of hydrogen-bond donors (Lipinski definition) is 1. The molecule has 2 heterocycles. The molecule has 1 atom stereocenters. The predicted octanol–water partition coefficient (Wildman–Crippen LogP) is 3.20. The molecule has 11 heteroatoms. The first-order valence-corrected chi connectivity index (χ1v) is 9.67. The molecule has 0 fully saturated rings. The van der Waals surface area contributed by atoms with Gasteiger partial charge in [0.05, 0.1) is 60.8 Å². The van der Waals surface area contributed by atoms with Crippen LogP contribution >= 0.6 is 0 Å². The van der Waals surface area contributed by atoms with Gasteiger partial charge >= 0.3 is 6.61 Å². The van der Waals surface area contributed by atoms with E-state index >= 15 is 0 Å². The lowest BCUT2D eigenvalue weighted by Gasteiger charge is -2.12. The maximum Gasteiger partial charge on any atom is 0.387 e. The number of aromatic nitrogens is 3. The van der Waals surface area contributed by atoms with Gasteiger partial charge in [0.2, 0.25) is 0 Å². The average molecular weight is 427 g/mol. The number of rotatable bonds is 8. The summed E-state index contributed by atoms with van der Waals surface area (Å²) in [6, 6.07) is 2.76. The summed E-state index contributed by atoms with van der Waals surface area (Å²) >= 11 is 0. The minimum atomic E-state index is -3.00. The molecule has 1 N–H and O–H groups in total. The van der Waals surface area contributed by atoms with Gasteiger partial charge in [0.1, 0.15) is 0 Å². The fourth-order valence-electron chi connectivity index (χ4n) is 2.79. The average Bonchev–Trinajstić information content (AvgIpc) is 3.11. The van der Waals surface area contributed by atoms with Gasteiger partial charge in [-0.05, 0) is 6.92 Å². The van der Waals surface area contributed by atoms with Crippen LogP contribution in [0.2, 0.25) is 0 Å². The van der Waals surface area contributed by atoms with Crippen LogP contribution in [0.15, 0.2) is 23.5 Å². The van der Waals surface area contributed by atoms with Gasteiger partial charge in [-0.25, -0.2) is 4.98 Å². The van der Waals surface area contributed by atoms with Crippen LogP contribution in [0.4, 0.5) is 8.78 Å². The number of aromatic amines is 1. The highest BCUT2D eigenvalue weighted by atomic mass is 32.2. The van der Waals surface area contributed by atoms with E-state index in [1.54, 1.807) is 6.92 Å². The highest BCUT2D eigenvalue weighted by Crippen LogP contribution is 2.34. The summed E-state index contributed by atoms with van der Waals surface area (Å²) in [4.78, 5) is 11.4. The van der Waals surface area contributed by atoms with Crippen molar-refractivity contribution in [2.75, 3.05) is 21.3 Å². The molecular formula is C18H19F2N3O5S. The van der Waals surface area contributed by atoms with Crippen LogP contribution in [0.3, 0.4) is 0 Å². The molecule has 0 saturated carbocycles. The van der Waals surface area contributed by atoms with Crippen molar-refractivity contribution in [2.24, 2.45) is 0 Å². The Morgan fingerprint density at radius 3 is 2.45 bits per heavy atom. The van der Waals surface area contributed by atoms with E-state index in [-0.39, 0.29) is 22.4 Å². The van der Waals surface area contributed by atoms with E-state index in [4.69, 9.17) is 14.2 Å². The molecule has 0 radical (unpaired) electrons. The number of hydrogen-bond acceptors (Lipinski definition) is 7. The lowest BCUT2D eigenvalue weighted by atomic mass is 10.2. The van der Waals surface area contributed by atoms with Gasteiger partial charge in [0.25, 0.3) is 0 Å². The summed E-state index contributed by atoms with van der Waals surface area (Å²) in [5.74, 6) is 1.01. The summed E-state index contributed by atoms with van der Waals surface area (Å²) in [5, 5.41) is 0.173. The first kappa shape index (κ1) is 20.8. The van der Waals surface area contributed by atoms with Crippen LogP contribution in [0.5, 0.6) is 23.0 Å². The Balaban J connectivity index is 1.92. The number of benzene rings is 1. The number of methoxy groups -OCH3 is 3. The molecule has 8 nitrogen and oxygen atoms in total. The molecule has 0 aliphatic carbocycles. The summed E-state index contributed by atoms with van der Waals surface area (Å²) < 4.78 is 58.1. The van der Waals surface area contributed by atoms with E-state index in [0.717, 1.165) is 0 Å². The second-order valence-electron chi connectivity index (χ2n) is 5.86. The molecule has 0 saturated heterocycles. The Morgan fingerprint density at radius 1 is 1.10 bits per heavy atom. The molecule has 29 heavy (non-hydrogen) atoms. The second-order valence-corrected chi connectivity index (χ2v) is 7.23. The van der Waals surface area contributed by atoms with Crippen LogP contribution in [-0.2, 0) is 16.6 Å². The largest absolute Gasteiger partial charge is 0.493 e. The Labute approximate surface area is 167 Å². The summed E-state index contributed by atoms with van der Waals surface area (Å²) in [6.45, 7) is -1.21. The smallest absolute Gasteiger partial charge is 0.387 e. The zero-order chi connectivity index (χ0) is 21.1. The first-order valence-electron chi connectivity index (χ1n) is 8.35. The minimum absolute atomic E-state index is 0.0730. The van der Waals surface area contributed by atoms with Crippen LogP contribution in [0.1, 0.15) is 11.3 Å². The fourth-order valence-corrected chi connectivity index (χ4v) is 3.89. The Bertz CT molecular complexity index is 1060. The van der Waals surface area contributed by atoms with Gasteiger partial charge in [-0.15, -0.1) is 0 Å². The molecule has 3 aromatic rings. The van der Waals surface area contributed by atoms with Crippen molar-refractivity contribution in [1.29, 1.82) is 0 Å². The van der Waals surface area contributed by atoms with E-state index < -0.39 is 17.4 Å². The topological polar surface area (TPSA) is 95.6 Å². The highest BCUT2D eigenvalue weighted by molar-refractivity contribution is 7.84. The standard InChI is InChI=1S/C18H19F2N3O5S/c1-9-12(21-7-15(26-3)16(9)27-4)8-29(24)18-22-10-5-13(25-2)14(28-17(19)20)6-11(10)23-18/h5-7,17H,8H2,1-4H3,(H,22,23). The Hall–Kier alpha value is -2.95. The number of ether oxygens (including phenoxy) is 4. The van der Waals surface area contributed by atoms with E-state index in [1.165, 1.54) is 39.7 Å². The Kier molecular flexibility index (Phi) is 6.16. The van der Waals surface area contributed by atoms with Crippen molar-refractivity contribution in [1.82, 2.24) is 15.0 Å². The van der Waals surface area contributed by atoms with Crippen LogP contribution < -0.4 is 18.9 Å². The van der Waals surface area contributed by atoms with Gasteiger partial charge in [-0.2, -0.15) is 8.78 Å². The summed E-state index contributed by atoms with van der Waals surface area (Å²) in [7, 11) is 2.77. The fraction of sp³-hybridized carbons (Fsp3) is 0.333. The van der Waals surface area contributed by atoms with Crippen molar-refractivity contribution < 1.29 is 31.9 Å². The second kappa shape index (κ2) is 8.60. The molecule has 1 aromatic carbocycles. The van der Waals surface area contributed by atoms with Gasteiger partial charge in [0.15, 0.2) is 28.2 Å². The molecule has 156 valence electrons. The lowest BCUT2D eigenvalue weighted by Crippen LogP contribution is -2.05. The SMILES string of the molecule is COc1cc2nc(S(=O)Cc3ncc(OC)c(OC)c3C)[nH]c2cc1OC(F)F. The monoisotopic (exact) mass is 427 g/mol. The normalized spacial score (nSPS) is 12.2. The molecule has 0 amide bonds. The molecule has 0 aliphatic rings. The van der Waals surface area contributed by atoms with Crippen molar-refractivity contribution in [2.45, 2.75) is 24.4 Å². The summed E-state index contributed by atoms with van der Waals surface area (Å²) in [6.07, 6.45) is 1.50. The highest BCUT2D eigenvalue weighted by Gasteiger charge is 2.19. The van der Waals surface area contributed by atoms with Crippen LogP contribution in [0, 0.1) is 6.92 Å². The van der Waals surface area contributed by atoms with Gasteiger partial charge in [-0.1, -0.05) is 0 Å². The van der Waals surface area contributed by atoms with Crippen molar-refractivity contribution in [3.8, 4) is 23.0 Å². The number of halogens is 2. The number of imidazole rings is 1. The maximum absolute atomic E-state index is 12.8. The molecule has 0 aliphatic heterocycles. The van der Waals surface area contributed by atoms with Gasteiger partial charge in [-0.3, -0.25) is 9.19 Å². The quantitative estimate of drug-likeness (QED) is 0.590. The molecule has 2 aromatic heterocycles. The molecule has 3 rings (SSSR count). The molecule has 0 spiro atoms. The van der Waals surface area contributed by atoms with Crippen molar-refractivity contribution in [3.63, 3.8) is 0 Å². The number of nitrogens with zero attached hydrogens (tertiary/aromatic N) is 2. The lowest BCUT2D eigenvalue weighted by molar-refractivity contribution is -0.0511. The van der Waals surface area contributed by atoms with Gasteiger partial charge < -0.3 is 23.9 Å². The zero-order valence-corrected chi connectivity index (χ0v) is 16.9. The number of H-pyrrole nitrogens is 1. The van der Waals surface area contributed by atoms with E-state index in [9.17, 15) is 13.0 Å². The number of nitrogens with one attached hydrogen (secondary N) is 1. The van der Waals surface area contributed by atoms with Gasteiger partial charge in [0, 0.05) is 17.7 Å². The molecule has 1 unspecified atom stereocenters. The van der Waals surface area contributed by atoms with E-state index in [2.05, 4.69) is 19.7 Å². The van der Waals surface area contributed by atoms with Crippen molar-refractivity contribution in [3.05, 3.63) is 29.6 Å². The third-order valence-electron chi connectivity index (χ3n) is 4.20. The predicted molar refractivity (Wildman–Crippen MR) is 101 cm³/mol. The van der Waals surface area contributed by atoms with Crippen LogP contribution in [-0.4, -0.2) is 47.1 Å². The van der Waals surface area contributed by atoms with E-state index in [0.29, 0.717) is 33.8 Å². The number of pyridine rings is 1.